The minimum atomic E-state index is 0.978. The summed E-state index contributed by atoms with van der Waals surface area (Å²) in [6, 6.07) is 0. The summed E-state index contributed by atoms with van der Waals surface area (Å²) in [6.07, 6.45) is 2.97. The number of aryl methyl sites for hydroxylation is 2. The topological polar surface area (TPSA) is 0 Å². The maximum atomic E-state index is 3.56. The molecule has 0 aliphatic heterocycles. The molecule has 0 radical (unpaired) electrons. The Morgan fingerprint density at radius 2 is 2.00 bits per heavy atom. The summed E-state index contributed by atoms with van der Waals surface area (Å²) in [7, 11) is 0. The largest absolute Gasteiger partial charge is 0.145 e. The molecule has 1 aromatic heterocycles. The predicted octanol–water partition coefficient (Wildman–Crippen LogP) is 3.56. The third kappa shape index (κ3) is 1.69. The minimum absolute atomic E-state index is 0.978. The fraction of sp³-hybridized carbons (Fsp3) is 0.364. The Hall–Kier alpha value is -0.780. The fourth-order valence-corrected chi connectivity index (χ4v) is 2.41. The second-order valence-corrected chi connectivity index (χ2v) is 4.36. The van der Waals surface area contributed by atoms with E-state index in [-0.39, 0.29) is 0 Å². The van der Waals surface area contributed by atoms with Crippen molar-refractivity contribution in [1.82, 2.24) is 0 Å². The van der Waals surface area contributed by atoms with Crippen LogP contribution in [0, 0.1) is 20.8 Å². The Labute approximate surface area is 78.2 Å². The third-order valence-electron chi connectivity index (χ3n) is 2.16. The first-order valence-corrected chi connectivity index (χ1v) is 4.88. The van der Waals surface area contributed by atoms with Crippen molar-refractivity contribution < 1.29 is 0 Å². The molecule has 0 N–H and O–H groups in total. The third-order valence-corrected chi connectivity index (χ3v) is 3.33. The maximum absolute atomic E-state index is 3.56. The normalized spacial score (nSPS) is 9.58. The highest BCUT2D eigenvalue weighted by atomic mass is 32.1. The van der Waals surface area contributed by atoms with Crippen molar-refractivity contribution >= 4 is 11.3 Å². The van der Waals surface area contributed by atoms with Gasteiger partial charge in [0.15, 0.2) is 0 Å². The molecule has 0 aromatic carbocycles. The highest BCUT2D eigenvalue weighted by Crippen LogP contribution is 2.26. The molecule has 0 atom stereocenters. The molecule has 1 heteroatoms. The van der Waals surface area contributed by atoms with E-state index in [0.717, 1.165) is 6.42 Å². The molecule has 0 spiro atoms. The van der Waals surface area contributed by atoms with Crippen LogP contribution in [0.25, 0.3) is 0 Å². The lowest BCUT2D eigenvalue weighted by molar-refractivity contribution is 1.20. The lowest BCUT2D eigenvalue weighted by Crippen LogP contribution is -1.83. The molecule has 0 saturated heterocycles. The quantitative estimate of drug-likeness (QED) is 0.607. The average molecular weight is 178 g/mol. The number of allylic oxidation sites excluding steroid dienone is 1. The summed E-state index contributed by atoms with van der Waals surface area (Å²) in [4.78, 5) is 2.86. The summed E-state index contributed by atoms with van der Waals surface area (Å²) >= 11 is 1.88. The summed E-state index contributed by atoms with van der Waals surface area (Å²) < 4.78 is 0. The maximum Gasteiger partial charge on any atom is 0.00551 e. The lowest BCUT2D eigenvalue weighted by Gasteiger charge is -1.96. The monoisotopic (exact) mass is 178 g/mol. The van der Waals surface area contributed by atoms with Gasteiger partial charge in [-0.1, -0.05) is 6.58 Å². The predicted molar refractivity (Wildman–Crippen MR) is 55.9 cm³/mol. The minimum Gasteiger partial charge on any atom is -0.145 e. The van der Waals surface area contributed by atoms with Gasteiger partial charge >= 0.3 is 0 Å². The van der Waals surface area contributed by atoms with Crippen molar-refractivity contribution in [1.29, 1.82) is 0 Å². The van der Waals surface area contributed by atoms with Gasteiger partial charge in [0.25, 0.3) is 0 Å². The first-order valence-electron chi connectivity index (χ1n) is 4.06. The van der Waals surface area contributed by atoms with E-state index in [2.05, 4.69) is 33.1 Å². The van der Waals surface area contributed by atoms with Crippen LogP contribution in [0.2, 0.25) is 0 Å². The van der Waals surface area contributed by atoms with E-state index in [9.17, 15) is 0 Å². The van der Waals surface area contributed by atoms with E-state index < -0.39 is 0 Å². The number of rotatable bonds is 2. The number of hydrogen-bond donors (Lipinski definition) is 0. The van der Waals surface area contributed by atoms with Crippen molar-refractivity contribution in [3.05, 3.63) is 39.3 Å². The molecule has 1 aromatic rings. The Morgan fingerprint density at radius 3 is 2.42 bits per heavy atom. The standard InChI is InChI=1S/C11H14S/c1-5-6-7-11-8(2)9(3)12-10(11)4/h6H,1,7H2,2-4H3. The first-order chi connectivity index (χ1) is 5.66. The molecule has 0 fully saturated rings. The van der Waals surface area contributed by atoms with Crippen LogP contribution >= 0.6 is 11.3 Å². The van der Waals surface area contributed by atoms with Crippen LogP contribution in [0.15, 0.2) is 18.4 Å². The van der Waals surface area contributed by atoms with Gasteiger partial charge < -0.3 is 0 Å². The number of hydrogen-bond acceptors (Lipinski definition) is 1. The Bertz CT molecular complexity index is 325. The molecule has 0 amide bonds. The van der Waals surface area contributed by atoms with E-state index in [1.165, 1.54) is 20.9 Å². The zero-order chi connectivity index (χ0) is 9.14. The zero-order valence-corrected chi connectivity index (χ0v) is 8.72. The highest BCUT2D eigenvalue weighted by Gasteiger charge is 2.06. The van der Waals surface area contributed by atoms with Crippen molar-refractivity contribution in [3.63, 3.8) is 0 Å². The Balaban J connectivity index is 3.04. The van der Waals surface area contributed by atoms with Crippen molar-refractivity contribution in [2.45, 2.75) is 27.2 Å². The molecular formula is C11H14S. The highest BCUT2D eigenvalue weighted by molar-refractivity contribution is 7.12. The van der Waals surface area contributed by atoms with Gasteiger partial charge in [-0.25, -0.2) is 0 Å². The SMILES string of the molecule is C=C=CCc1c(C)sc(C)c1C. The van der Waals surface area contributed by atoms with Gasteiger partial charge in [-0.05, 0) is 44.4 Å². The molecular weight excluding hydrogens is 164 g/mol. The van der Waals surface area contributed by atoms with Crippen molar-refractivity contribution in [2.24, 2.45) is 0 Å². The van der Waals surface area contributed by atoms with Gasteiger partial charge in [-0.3, -0.25) is 0 Å². The molecule has 0 aliphatic rings. The van der Waals surface area contributed by atoms with Crippen molar-refractivity contribution in [2.75, 3.05) is 0 Å². The summed E-state index contributed by atoms with van der Waals surface area (Å²) in [5.41, 5.74) is 5.70. The van der Waals surface area contributed by atoms with Gasteiger partial charge in [0.2, 0.25) is 0 Å². The lowest BCUT2D eigenvalue weighted by atomic mass is 10.1. The van der Waals surface area contributed by atoms with Gasteiger partial charge in [-0.2, -0.15) is 0 Å². The Kier molecular flexibility index (Phi) is 2.91. The average Bonchev–Trinajstić information content (AvgIpc) is 2.25. The second-order valence-electron chi connectivity index (χ2n) is 2.93. The van der Waals surface area contributed by atoms with Crippen LogP contribution in [0.4, 0.5) is 0 Å². The molecule has 0 bridgehead atoms. The molecule has 12 heavy (non-hydrogen) atoms. The van der Waals surface area contributed by atoms with Gasteiger partial charge in [-0.15, -0.1) is 17.1 Å². The van der Waals surface area contributed by atoms with Crippen LogP contribution in [-0.2, 0) is 6.42 Å². The second kappa shape index (κ2) is 3.75. The summed E-state index contributed by atoms with van der Waals surface area (Å²) in [5.74, 6) is 0. The summed E-state index contributed by atoms with van der Waals surface area (Å²) in [6.45, 7) is 10.1. The fourth-order valence-electron chi connectivity index (χ4n) is 1.32. The van der Waals surface area contributed by atoms with Crippen LogP contribution < -0.4 is 0 Å². The summed E-state index contributed by atoms with van der Waals surface area (Å²) in [5, 5.41) is 0. The molecule has 1 heterocycles. The first kappa shape index (κ1) is 9.31. The van der Waals surface area contributed by atoms with E-state index in [4.69, 9.17) is 0 Å². The molecule has 0 saturated carbocycles. The number of thiophene rings is 1. The van der Waals surface area contributed by atoms with Gasteiger partial charge in [0.1, 0.15) is 0 Å². The van der Waals surface area contributed by atoms with Gasteiger partial charge in [0, 0.05) is 9.75 Å². The van der Waals surface area contributed by atoms with Crippen LogP contribution in [0.5, 0.6) is 0 Å². The Morgan fingerprint density at radius 1 is 1.33 bits per heavy atom. The van der Waals surface area contributed by atoms with Crippen LogP contribution in [0.1, 0.15) is 20.9 Å². The van der Waals surface area contributed by atoms with E-state index in [1.807, 2.05) is 17.4 Å². The van der Waals surface area contributed by atoms with E-state index in [0.29, 0.717) is 0 Å². The molecule has 0 unspecified atom stereocenters. The zero-order valence-electron chi connectivity index (χ0n) is 7.90. The smallest absolute Gasteiger partial charge is 0.00551 e. The van der Waals surface area contributed by atoms with E-state index in [1.54, 1.807) is 0 Å². The molecule has 64 valence electrons. The molecule has 1 rings (SSSR count). The van der Waals surface area contributed by atoms with Gasteiger partial charge in [0.05, 0.1) is 0 Å². The molecule has 0 nitrogen and oxygen atoms in total. The molecule has 0 aliphatic carbocycles. The van der Waals surface area contributed by atoms with Crippen LogP contribution in [0.3, 0.4) is 0 Å². The van der Waals surface area contributed by atoms with Crippen molar-refractivity contribution in [3.8, 4) is 0 Å². The van der Waals surface area contributed by atoms with Crippen LogP contribution in [-0.4, -0.2) is 0 Å². The van der Waals surface area contributed by atoms with E-state index >= 15 is 0 Å².